The minimum atomic E-state index is -1.16. The number of aliphatic hydroxyl groups excluding tert-OH is 1. The molecule has 1 aromatic rings. The largest absolute Gasteiger partial charge is 0.480 e. The van der Waals surface area contributed by atoms with Crippen LogP contribution in [0.3, 0.4) is 0 Å². The summed E-state index contributed by atoms with van der Waals surface area (Å²) in [5.74, 6) is -1.16. The maximum atomic E-state index is 12.1. The average molecular weight is 319 g/mol. The number of urea groups is 1. The van der Waals surface area contributed by atoms with E-state index in [1.54, 1.807) is 18.2 Å². The van der Waals surface area contributed by atoms with E-state index in [4.69, 9.17) is 28.3 Å². The van der Waals surface area contributed by atoms with Crippen LogP contribution in [0.25, 0.3) is 0 Å². The number of nitrogens with one attached hydrogen (secondary N) is 1. The van der Waals surface area contributed by atoms with Gasteiger partial charge in [0.2, 0.25) is 0 Å². The normalized spacial score (nSPS) is 21.9. The standard InChI is InChI=1S/C12H12Cl2N2O4/c13-7-2-1-3-8(10(7)14)15-12(20)16-5-6(17)4-9(16)11(18)19/h1-3,6,9,17H,4-5H2,(H,15,20)(H,18,19)/t6?,9-/m0/s1. The highest BCUT2D eigenvalue weighted by Crippen LogP contribution is 2.30. The Labute approximate surface area is 124 Å². The molecule has 2 amide bonds. The highest BCUT2D eigenvalue weighted by Gasteiger charge is 2.39. The number of nitrogens with zero attached hydrogens (tertiary/aromatic N) is 1. The van der Waals surface area contributed by atoms with Crippen molar-refractivity contribution in [2.45, 2.75) is 18.6 Å². The molecule has 1 unspecified atom stereocenters. The quantitative estimate of drug-likeness (QED) is 0.778. The van der Waals surface area contributed by atoms with Gasteiger partial charge in [0.1, 0.15) is 6.04 Å². The minimum Gasteiger partial charge on any atom is -0.480 e. The van der Waals surface area contributed by atoms with Crippen molar-refractivity contribution in [2.24, 2.45) is 0 Å². The van der Waals surface area contributed by atoms with E-state index in [0.717, 1.165) is 4.90 Å². The van der Waals surface area contributed by atoms with Gasteiger partial charge < -0.3 is 20.4 Å². The van der Waals surface area contributed by atoms with Gasteiger partial charge in [-0.25, -0.2) is 9.59 Å². The molecule has 0 aliphatic carbocycles. The number of carboxylic acid groups (broad SMARTS) is 1. The zero-order chi connectivity index (χ0) is 14.9. The minimum absolute atomic E-state index is 0.00598. The molecule has 1 fully saturated rings. The van der Waals surface area contributed by atoms with E-state index in [1.165, 1.54) is 0 Å². The highest BCUT2D eigenvalue weighted by atomic mass is 35.5. The number of β-amino-alcohol motifs (C(OH)–C–C–N with tert-alkyl or cyclic N) is 1. The number of carbonyl (C=O) groups is 2. The van der Waals surface area contributed by atoms with Crippen LogP contribution in [-0.2, 0) is 4.79 Å². The van der Waals surface area contributed by atoms with Crippen molar-refractivity contribution in [1.82, 2.24) is 4.90 Å². The van der Waals surface area contributed by atoms with Crippen LogP contribution in [-0.4, -0.2) is 45.8 Å². The van der Waals surface area contributed by atoms with Gasteiger partial charge in [0, 0.05) is 13.0 Å². The van der Waals surface area contributed by atoms with Gasteiger partial charge >= 0.3 is 12.0 Å². The molecular weight excluding hydrogens is 307 g/mol. The summed E-state index contributed by atoms with van der Waals surface area (Å²) < 4.78 is 0. The molecule has 0 radical (unpaired) electrons. The van der Waals surface area contributed by atoms with Gasteiger partial charge in [0.05, 0.1) is 21.8 Å². The zero-order valence-corrected chi connectivity index (χ0v) is 11.7. The van der Waals surface area contributed by atoms with Gasteiger partial charge in [-0.1, -0.05) is 29.3 Å². The number of hydrogen-bond acceptors (Lipinski definition) is 3. The topological polar surface area (TPSA) is 89.9 Å². The van der Waals surface area contributed by atoms with Crippen LogP contribution in [0.1, 0.15) is 6.42 Å². The summed E-state index contributed by atoms with van der Waals surface area (Å²) in [7, 11) is 0. The first-order valence-corrected chi connectivity index (χ1v) is 6.58. The molecule has 3 N–H and O–H groups in total. The summed E-state index contributed by atoms with van der Waals surface area (Å²) in [6.07, 6.45) is -0.844. The van der Waals surface area contributed by atoms with Gasteiger partial charge in [-0.05, 0) is 12.1 Å². The van der Waals surface area contributed by atoms with Gasteiger partial charge in [0.15, 0.2) is 0 Å². The summed E-state index contributed by atoms with van der Waals surface area (Å²) in [5, 5.41) is 21.5. The number of anilines is 1. The Kier molecular flexibility index (Phi) is 4.37. The number of hydrogen-bond donors (Lipinski definition) is 3. The fourth-order valence-electron chi connectivity index (χ4n) is 2.06. The molecule has 0 saturated carbocycles. The fourth-order valence-corrected chi connectivity index (χ4v) is 2.41. The van der Waals surface area contributed by atoms with E-state index in [2.05, 4.69) is 5.32 Å². The van der Waals surface area contributed by atoms with E-state index in [0.29, 0.717) is 0 Å². The number of carbonyl (C=O) groups excluding carboxylic acids is 1. The molecule has 1 saturated heterocycles. The van der Waals surface area contributed by atoms with Crippen molar-refractivity contribution in [2.75, 3.05) is 11.9 Å². The highest BCUT2D eigenvalue weighted by molar-refractivity contribution is 6.43. The number of rotatable bonds is 2. The number of likely N-dealkylation sites (tertiary alicyclic amines) is 1. The van der Waals surface area contributed by atoms with Gasteiger partial charge in [-0.3, -0.25) is 0 Å². The predicted molar refractivity (Wildman–Crippen MR) is 74.2 cm³/mol. The monoisotopic (exact) mass is 318 g/mol. The Morgan fingerprint density at radius 3 is 2.70 bits per heavy atom. The molecule has 2 rings (SSSR count). The maximum absolute atomic E-state index is 12.1. The number of halogens is 2. The van der Waals surface area contributed by atoms with Crippen molar-refractivity contribution in [1.29, 1.82) is 0 Å². The predicted octanol–water partition coefficient (Wildman–Crippen LogP) is 2.05. The molecule has 0 spiro atoms. The molecule has 6 nitrogen and oxygen atoms in total. The summed E-state index contributed by atoms with van der Waals surface area (Å²) in [6.45, 7) is -0.0407. The summed E-state index contributed by atoms with van der Waals surface area (Å²) in [4.78, 5) is 24.2. The van der Waals surface area contributed by atoms with Crippen LogP contribution >= 0.6 is 23.2 Å². The summed E-state index contributed by atoms with van der Waals surface area (Å²) in [5.41, 5.74) is 0.287. The molecule has 8 heteroatoms. The first-order chi connectivity index (χ1) is 9.40. The van der Waals surface area contributed by atoms with Crippen LogP contribution in [0.15, 0.2) is 18.2 Å². The molecule has 1 aliphatic heterocycles. The number of carboxylic acids is 1. The molecule has 20 heavy (non-hydrogen) atoms. The Bertz CT molecular complexity index is 552. The second-order valence-electron chi connectivity index (χ2n) is 4.43. The molecule has 1 aromatic carbocycles. The van der Waals surface area contributed by atoms with Crippen LogP contribution in [0.2, 0.25) is 10.0 Å². The van der Waals surface area contributed by atoms with Crippen LogP contribution < -0.4 is 5.32 Å². The van der Waals surface area contributed by atoms with Gasteiger partial charge in [-0.15, -0.1) is 0 Å². The maximum Gasteiger partial charge on any atom is 0.326 e. The first kappa shape index (κ1) is 14.9. The number of amides is 2. The van der Waals surface area contributed by atoms with E-state index < -0.39 is 24.1 Å². The van der Waals surface area contributed by atoms with E-state index in [9.17, 15) is 14.7 Å². The lowest BCUT2D eigenvalue weighted by atomic mass is 10.2. The van der Waals surface area contributed by atoms with E-state index in [-0.39, 0.29) is 28.7 Å². The van der Waals surface area contributed by atoms with Crippen LogP contribution in [0.4, 0.5) is 10.5 Å². The SMILES string of the molecule is O=C(O)[C@@H]1CC(O)CN1C(=O)Nc1cccc(Cl)c1Cl. The molecule has 2 atom stereocenters. The average Bonchev–Trinajstić information content (AvgIpc) is 2.77. The third-order valence-electron chi connectivity index (χ3n) is 3.02. The second kappa shape index (κ2) is 5.87. The van der Waals surface area contributed by atoms with Crippen molar-refractivity contribution < 1.29 is 19.8 Å². The molecule has 1 heterocycles. The number of aliphatic hydroxyl groups is 1. The van der Waals surface area contributed by atoms with Crippen molar-refractivity contribution in [3.8, 4) is 0 Å². The van der Waals surface area contributed by atoms with Gasteiger partial charge in [-0.2, -0.15) is 0 Å². The lowest BCUT2D eigenvalue weighted by Crippen LogP contribution is -2.43. The molecule has 108 valence electrons. The van der Waals surface area contributed by atoms with Gasteiger partial charge in [0.25, 0.3) is 0 Å². The van der Waals surface area contributed by atoms with E-state index in [1.807, 2.05) is 0 Å². The van der Waals surface area contributed by atoms with Crippen molar-refractivity contribution in [3.05, 3.63) is 28.2 Å². The second-order valence-corrected chi connectivity index (χ2v) is 5.21. The third kappa shape index (κ3) is 2.98. The molecule has 0 aromatic heterocycles. The first-order valence-electron chi connectivity index (χ1n) is 5.82. The lowest BCUT2D eigenvalue weighted by Gasteiger charge is -2.22. The molecular formula is C12H12Cl2N2O4. The summed E-state index contributed by atoms with van der Waals surface area (Å²) >= 11 is 11.8. The smallest absolute Gasteiger partial charge is 0.326 e. The molecule has 1 aliphatic rings. The Balaban J connectivity index is 2.15. The van der Waals surface area contributed by atoms with Crippen molar-refractivity contribution >= 4 is 40.9 Å². The number of benzene rings is 1. The third-order valence-corrected chi connectivity index (χ3v) is 3.84. The zero-order valence-electron chi connectivity index (χ0n) is 10.2. The fraction of sp³-hybridized carbons (Fsp3) is 0.333. The summed E-state index contributed by atoms with van der Waals surface area (Å²) in [6, 6.07) is 3.03. The number of aliphatic carboxylic acids is 1. The van der Waals surface area contributed by atoms with Crippen LogP contribution in [0, 0.1) is 0 Å². The lowest BCUT2D eigenvalue weighted by molar-refractivity contribution is -0.141. The molecule has 0 bridgehead atoms. The Morgan fingerprint density at radius 1 is 1.35 bits per heavy atom. The Hall–Kier alpha value is -1.50. The van der Waals surface area contributed by atoms with Crippen molar-refractivity contribution in [3.63, 3.8) is 0 Å². The Morgan fingerprint density at radius 2 is 2.05 bits per heavy atom. The van der Waals surface area contributed by atoms with Crippen LogP contribution in [0.5, 0.6) is 0 Å². The van der Waals surface area contributed by atoms with E-state index >= 15 is 0 Å².